The molecule has 0 fully saturated rings. The summed E-state index contributed by atoms with van der Waals surface area (Å²) in [6.45, 7) is 2.00. The third-order valence-corrected chi connectivity index (χ3v) is 3.21. The van der Waals surface area contributed by atoms with E-state index >= 15 is 0 Å². The summed E-state index contributed by atoms with van der Waals surface area (Å²) in [5.41, 5.74) is 0.784. The fraction of sp³-hybridized carbons (Fsp3) is 0.182. The third kappa shape index (κ3) is 1.97. The third-order valence-electron chi connectivity index (χ3n) is 2.59. The van der Waals surface area contributed by atoms with E-state index in [2.05, 4.69) is 41.3 Å². The Hall–Kier alpha value is -1.89. The maximum Gasteiger partial charge on any atom is 0.243 e. The summed E-state index contributed by atoms with van der Waals surface area (Å²) in [4.78, 5) is 11.7. The number of H-pyrrole nitrogens is 1. The van der Waals surface area contributed by atoms with E-state index in [1.54, 1.807) is 16.9 Å². The lowest BCUT2D eigenvalue weighted by molar-refractivity contribution is 0.793. The molecule has 0 aromatic carbocycles. The van der Waals surface area contributed by atoms with Gasteiger partial charge in [-0.2, -0.15) is 4.98 Å². The molecule has 0 spiro atoms. The number of nitrogens with one attached hydrogen (secondary N) is 2. The molecule has 7 heteroatoms. The predicted molar refractivity (Wildman–Crippen MR) is 71.3 cm³/mol. The highest BCUT2D eigenvalue weighted by atomic mass is 79.9. The fourth-order valence-electron chi connectivity index (χ4n) is 1.71. The van der Waals surface area contributed by atoms with Crippen LogP contribution in [0.25, 0.3) is 5.65 Å². The van der Waals surface area contributed by atoms with E-state index in [4.69, 9.17) is 0 Å². The number of anilines is 1. The topological polar surface area (TPSA) is 70.9 Å². The van der Waals surface area contributed by atoms with Gasteiger partial charge < -0.3 is 10.3 Å². The van der Waals surface area contributed by atoms with Crippen LogP contribution in [-0.4, -0.2) is 24.6 Å². The van der Waals surface area contributed by atoms with Gasteiger partial charge in [-0.05, 0) is 35.0 Å². The predicted octanol–water partition coefficient (Wildman–Crippen LogP) is 2.39. The molecular weight excluding hydrogens is 296 g/mol. The van der Waals surface area contributed by atoms with E-state index in [0.29, 0.717) is 5.95 Å². The summed E-state index contributed by atoms with van der Waals surface area (Å²) in [7, 11) is 0. The molecule has 2 N–H and O–H groups in total. The molecule has 0 saturated carbocycles. The molecule has 3 aromatic heterocycles. The van der Waals surface area contributed by atoms with Crippen molar-refractivity contribution in [3.05, 3.63) is 41.0 Å². The molecular formula is C11H11BrN6. The van der Waals surface area contributed by atoms with Crippen molar-refractivity contribution < 1.29 is 0 Å². The van der Waals surface area contributed by atoms with Gasteiger partial charge in [0.25, 0.3) is 0 Å². The standard InChI is InChI=1S/C11H11BrN6/c1-7(9-13-4-5-14-9)15-11-16-10-8(12)3-2-6-18(10)17-11/h2-7H,1H3,(H,13,14)(H,15,17). The number of halogens is 1. The molecule has 0 aliphatic rings. The molecule has 0 aliphatic carbocycles. The van der Waals surface area contributed by atoms with Gasteiger partial charge in [-0.15, -0.1) is 5.10 Å². The SMILES string of the molecule is CC(Nc1nc2c(Br)cccn2n1)c1ncc[nH]1. The summed E-state index contributed by atoms with van der Waals surface area (Å²) in [6, 6.07) is 3.87. The maximum absolute atomic E-state index is 4.41. The molecule has 0 aliphatic heterocycles. The Morgan fingerprint density at radius 2 is 2.39 bits per heavy atom. The molecule has 1 atom stereocenters. The van der Waals surface area contributed by atoms with E-state index < -0.39 is 0 Å². The van der Waals surface area contributed by atoms with E-state index in [-0.39, 0.29) is 6.04 Å². The zero-order valence-corrected chi connectivity index (χ0v) is 11.2. The lowest BCUT2D eigenvalue weighted by Crippen LogP contribution is -2.09. The van der Waals surface area contributed by atoms with Gasteiger partial charge in [-0.25, -0.2) is 9.50 Å². The molecule has 3 rings (SSSR count). The van der Waals surface area contributed by atoms with Crippen LogP contribution in [0.1, 0.15) is 18.8 Å². The van der Waals surface area contributed by atoms with E-state index in [9.17, 15) is 0 Å². The molecule has 0 amide bonds. The van der Waals surface area contributed by atoms with Gasteiger partial charge in [-0.3, -0.25) is 0 Å². The second-order valence-corrected chi connectivity index (χ2v) is 4.75. The molecule has 0 radical (unpaired) electrons. The largest absolute Gasteiger partial charge is 0.347 e. The minimum atomic E-state index is 0.0242. The average Bonchev–Trinajstić information content (AvgIpc) is 2.97. The number of aromatic amines is 1. The average molecular weight is 307 g/mol. The van der Waals surface area contributed by atoms with Gasteiger partial charge >= 0.3 is 0 Å². The second kappa shape index (κ2) is 4.41. The first-order valence-electron chi connectivity index (χ1n) is 5.51. The minimum Gasteiger partial charge on any atom is -0.347 e. The normalized spacial score (nSPS) is 12.8. The van der Waals surface area contributed by atoms with Gasteiger partial charge in [-0.1, -0.05) is 0 Å². The number of hydrogen-bond acceptors (Lipinski definition) is 4. The molecule has 6 nitrogen and oxygen atoms in total. The van der Waals surface area contributed by atoms with Crippen LogP contribution < -0.4 is 5.32 Å². The number of fused-ring (bicyclic) bond motifs is 1. The lowest BCUT2D eigenvalue weighted by atomic mass is 10.3. The zero-order valence-electron chi connectivity index (χ0n) is 9.63. The summed E-state index contributed by atoms with van der Waals surface area (Å²) >= 11 is 3.45. The quantitative estimate of drug-likeness (QED) is 0.779. The Labute approximate surface area is 112 Å². The van der Waals surface area contributed by atoms with Crippen molar-refractivity contribution in [3.8, 4) is 0 Å². The number of pyridine rings is 1. The Bertz CT molecular complexity index is 659. The smallest absolute Gasteiger partial charge is 0.243 e. The first-order valence-corrected chi connectivity index (χ1v) is 6.30. The molecule has 3 aromatic rings. The highest BCUT2D eigenvalue weighted by Gasteiger charge is 2.11. The summed E-state index contributed by atoms with van der Waals surface area (Å²) in [5, 5.41) is 7.55. The van der Waals surface area contributed by atoms with Crippen LogP contribution in [0.2, 0.25) is 0 Å². The Morgan fingerprint density at radius 1 is 1.50 bits per heavy atom. The van der Waals surface area contributed by atoms with E-state index in [1.165, 1.54) is 0 Å². The highest BCUT2D eigenvalue weighted by Crippen LogP contribution is 2.19. The molecule has 3 heterocycles. The van der Waals surface area contributed by atoms with Gasteiger partial charge in [0.2, 0.25) is 5.95 Å². The van der Waals surface area contributed by atoms with Crippen LogP contribution in [0.15, 0.2) is 35.2 Å². The lowest BCUT2D eigenvalue weighted by Gasteiger charge is -2.08. The van der Waals surface area contributed by atoms with Crippen LogP contribution in [0.3, 0.4) is 0 Å². The second-order valence-electron chi connectivity index (χ2n) is 3.90. The van der Waals surface area contributed by atoms with Crippen molar-refractivity contribution in [2.75, 3.05) is 5.32 Å². The molecule has 18 heavy (non-hydrogen) atoms. The van der Waals surface area contributed by atoms with Crippen LogP contribution in [0.5, 0.6) is 0 Å². The molecule has 92 valence electrons. The first-order chi connectivity index (χ1) is 8.74. The van der Waals surface area contributed by atoms with Crippen molar-refractivity contribution in [1.29, 1.82) is 0 Å². The van der Waals surface area contributed by atoms with Crippen molar-refractivity contribution in [2.24, 2.45) is 0 Å². The van der Waals surface area contributed by atoms with Gasteiger partial charge in [0.1, 0.15) is 5.82 Å². The number of hydrogen-bond donors (Lipinski definition) is 2. The monoisotopic (exact) mass is 306 g/mol. The van der Waals surface area contributed by atoms with Crippen molar-refractivity contribution >= 4 is 27.5 Å². The van der Waals surface area contributed by atoms with E-state index in [1.807, 2.05) is 25.3 Å². The fourth-order valence-corrected chi connectivity index (χ4v) is 2.13. The zero-order chi connectivity index (χ0) is 12.5. The number of rotatable bonds is 3. The summed E-state index contributed by atoms with van der Waals surface area (Å²) < 4.78 is 2.64. The molecule has 0 saturated heterocycles. The Kier molecular flexibility index (Phi) is 2.75. The number of nitrogens with zero attached hydrogens (tertiary/aromatic N) is 4. The summed E-state index contributed by atoms with van der Waals surface area (Å²) in [6.07, 6.45) is 5.37. The van der Waals surface area contributed by atoms with Crippen LogP contribution in [0, 0.1) is 0 Å². The Morgan fingerprint density at radius 3 is 3.11 bits per heavy atom. The maximum atomic E-state index is 4.41. The van der Waals surface area contributed by atoms with Gasteiger partial charge in [0.05, 0.1) is 10.5 Å². The van der Waals surface area contributed by atoms with Crippen LogP contribution in [0.4, 0.5) is 5.95 Å². The van der Waals surface area contributed by atoms with Crippen molar-refractivity contribution in [3.63, 3.8) is 0 Å². The van der Waals surface area contributed by atoms with Gasteiger partial charge in [0, 0.05) is 18.6 Å². The number of aromatic nitrogens is 5. The van der Waals surface area contributed by atoms with Crippen LogP contribution in [-0.2, 0) is 0 Å². The van der Waals surface area contributed by atoms with Crippen molar-refractivity contribution in [1.82, 2.24) is 24.6 Å². The van der Waals surface area contributed by atoms with E-state index in [0.717, 1.165) is 15.9 Å². The van der Waals surface area contributed by atoms with Gasteiger partial charge in [0.15, 0.2) is 5.65 Å². The first kappa shape index (κ1) is 11.2. The highest BCUT2D eigenvalue weighted by molar-refractivity contribution is 9.10. The summed E-state index contributed by atoms with van der Waals surface area (Å²) in [5.74, 6) is 1.43. The minimum absolute atomic E-state index is 0.0242. The Balaban J connectivity index is 1.89. The van der Waals surface area contributed by atoms with Crippen LogP contribution >= 0.6 is 15.9 Å². The van der Waals surface area contributed by atoms with Crippen molar-refractivity contribution in [2.45, 2.75) is 13.0 Å². The molecule has 0 bridgehead atoms. The molecule has 1 unspecified atom stereocenters. The number of imidazole rings is 1.